The van der Waals surface area contributed by atoms with E-state index < -0.39 is 18.1 Å². The minimum absolute atomic E-state index is 0.0645. The molecule has 18 heavy (non-hydrogen) atoms. The van der Waals surface area contributed by atoms with Gasteiger partial charge in [-0.1, -0.05) is 12.1 Å². The van der Waals surface area contributed by atoms with Crippen LogP contribution >= 0.6 is 0 Å². The van der Waals surface area contributed by atoms with Crippen LogP contribution in [-0.2, 0) is 9.53 Å². The Hall–Kier alpha value is -1.88. The van der Waals surface area contributed by atoms with E-state index in [2.05, 4.69) is 5.32 Å². The first-order valence-electron chi connectivity index (χ1n) is 5.59. The van der Waals surface area contributed by atoms with E-state index in [0.717, 1.165) is 0 Å². The summed E-state index contributed by atoms with van der Waals surface area (Å²) >= 11 is 0. The van der Waals surface area contributed by atoms with Crippen molar-refractivity contribution < 1.29 is 19.4 Å². The average Bonchev–Trinajstić information content (AvgIpc) is 2.35. The van der Waals surface area contributed by atoms with Gasteiger partial charge in [-0.15, -0.1) is 0 Å². The first-order chi connectivity index (χ1) is 8.45. The van der Waals surface area contributed by atoms with Gasteiger partial charge in [-0.25, -0.2) is 4.79 Å². The summed E-state index contributed by atoms with van der Waals surface area (Å²) in [5, 5.41) is 12.0. The number of carbonyl (C=O) groups excluding carboxylic acids is 1. The molecule has 0 fully saturated rings. The topological polar surface area (TPSA) is 75.6 Å². The second-order valence-corrected chi connectivity index (χ2v) is 4.04. The summed E-state index contributed by atoms with van der Waals surface area (Å²) in [6.45, 7) is 3.13. The second kappa shape index (κ2) is 6.16. The van der Waals surface area contributed by atoms with E-state index in [1.807, 2.05) is 0 Å². The van der Waals surface area contributed by atoms with Gasteiger partial charge < -0.3 is 15.2 Å². The van der Waals surface area contributed by atoms with Crippen molar-refractivity contribution in [3.05, 3.63) is 29.8 Å². The smallest absolute Gasteiger partial charge is 0.328 e. The number of Topliss-reactive ketones (excluding diaryl/α,β-unsaturated/α-hetero) is 1. The fourth-order valence-corrected chi connectivity index (χ4v) is 1.52. The van der Waals surface area contributed by atoms with Crippen LogP contribution in [0.5, 0.6) is 0 Å². The largest absolute Gasteiger partial charge is 0.480 e. The quantitative estimate of drug-likeness (QED) is 0.754. The van der Waals surface area contributed by atoms with Gasteiger partial charge in [-0.05, 0) is 26.0 Å². The molecule has 0 heterocycles. The van der Waals surface area contributed by atoms with Crippen molar-refractivity contribution >= 4 is 17.4 Å². The predicted octanol–water partition coefficient (Wildman–Crippen LogP) is 1.79. The number of benzene rings is 1. The molecule has 0 spiro atoms. The van der Waals surface area contributed by atoms with Crippen LogP contribution < -0.4 is 5.32 Å². The molecule has 5 nitrogen and oxygen atoms in total. The molecule has 2 unspecified atom stereocenters. The Bertz CT molecular complexity index is 444. The third kappa shape index (κ3) is 3.56. The number of ether oxygens (including phenoxy) is 1. The molecule has 2 N–H and O–H groups in total. The molecule has 0 aliphatic carbocycles. The lowest BCUT2D eigenvalue weighted by atomic mass is 10.1. The Morgan fingerprint density at radius 1 is 1.39 bits per heavy atom. The highest BCUT2D eigenvalue weighted by molar-refractivity contribution is 5.95. The number of anilines is 1. The zero-order valence-electron chi connectivity index (χ0n) is 10.6. The van der Waals surface area contributed by atoms with Crippen LogP contribution in [0.25, 0.3) is 0 Å². The molecule has 1 aromatic rings. The minimum Gasteiger partial charge on any atom is -0.480 e. The summed E-state index contributed by atoms with van der Waals surface area (Å²) in [4.78, 5) is 22.4. The van der Waals surface area contributed by atoms with Crippen LogP contribution in [0.15, 0.2) is 24.3 Å². The number of hydrogen-bond donors (Lipinski definition) is 2. The number of carboxylic acids is 1. The van der Waals surface area contributed by atoms with Gasteiger partial charge in [0.15, 0.2) is 11.8 Å². The fourth-order valence-electron chi connectivity index (χ4n) is 1.52. The van der Waals surface area contributed by atoms with Crippen LogP contribution in [0.1, 0.15) is 24.2 Å². The van der Waals surface area contributed by atoms with Crippen LogP contribution in [0.2, 0.25) is 0 Å². The molecular formula is C13H17NO4. The van der Waals surface area contributed by atoms with Gasteiger partial charge in [0, 0.05) is 18.4 Å². The van der Waals surface area contributed by atoms with E-state index in [9.17, 15) is 9.59 Å². The highest BCUT2D eigenvalue weighted by Crippen LogP contribution is 2.14. The molecule has 0 saturated heterocycles. The molecule has 0 bridgehead atoms. The molecular weight excluding hydrogens is 234 g/mol. The zero-order valence-corrected chi connectivity index (χ0v) is 10.6. The lowest BCUT2D eigenvalue weighted by molar-refractivity contribution is -0.140. The highest BCUT2D eigenvalue weighted by Gasteiger charge is 2.24. The molecule has 0 aromatic heterocycles. The molecule has 0 aliphatic rings. The SMILES string of the molecule is COC(C)C(Nc1cccc(C(C)=O)c1)C(=O)O. The number of rotatable bonds is 6. The number of aliphatic carboxylic acids is 1. The van der Waals surface area contributed by atoms with Gasteiger partial charge in [0.25, 0.3) is 0 Å². The van der Waals surface area contributed by atoms with Crippen molar-refractivity contribution in [2.75, 3.05) is 12.4 Å². The summed E-state index contributed by atoms with van der Waals surface area (Å²) < 4.78 is 5.01. The Morgan fingerprint density at radius 2 is 2.06 bits per heavy atom. The molecule has 0 saturated carbocycles. The summed E-state index contributed by atoms with van der Waals surface area (Å²) in [7, 11) is 1.45. The van der Waals surface area contributed by atoms with Crippen LogP contribution in [0.3, 0.4) is 0 Å². The molecule has 0 aliphatic heterocycles. The van der Waals surface area contributed by atoms with Crippen molar-refractivity contribution in [2.45, 2.75) is 26.0 Å². The standard InChI is InChI=1S/C13H17NO4/c1-8(15)10-5-4-6-11(7-10)14-12(13(16)17)9(2)18-3/h4-7,9,12,14H,1-3H3,(H,16,17). The minimum atomic E-state index is -1.00. The maximum atomic E-state index is 11.2. The maximum absolute atomic E-state index is 11.2. The lowest BCUT2D eigenvalue weighted by Gasteiger charge is -2.21. The van der Waals surface area contributed by atoms with Gasteiger partial charge in [0.2, 0.25) is 0 Å². The highest BCUT2D eigenvalue weighted by atomic mass is 16.5. The normalized spacial score (nSPS) is 13.7. The first kappa shape index (κ1) is 14.2. The Labute approximate surface area is 106 Å². The third-order valence-corrected chi connectivity index (χ3v) is 2.70. The fraction of sp³-hybridized carbons (Fsp3) is 0.385. The average molecular weight is 251 g/mol. The number of carboxylic acid groups (broad SMARTS) is 1. The molecule has 1 aromatic carbocycles. The number of nitrogens with one attached hydrogen (secondary N) is 1. The van der Waals surface area contributed by atoms with Crippen molar-refractivity contribution in [3.63, 3.8) is 0 Å². The van der Waals surface area contributed by atoms with Gasteiger partial charge in [-0.2, -0.15) is 0 Å². The molecule has 98 valence electrons. The Balaban J connectivity index is 2.90. The van der Waals surface area contributed by atoms with E-state index in [1.54, 1.807) is 31.2 Å². The van der Waals surface area contributed by atoms with Crippen molar-refractivity contribution in [1.82, 2.24) is 0 Å². The van der Waals surface area contributed by atoms with E-state index in [-0.39, 0.29) is 5.78 Å². The Kier molecular flexibility index (Phi) is 4.85. The maximum Gasteiger partial charge on any atom is 0.328 e. The van der Waals surface area contributed by atoms with E-state index >= 15 is 0 Å². The summed E-state index contributed by atoms with van der Waals surface area (Å²) in [6.07, 6.45) is -0.483. The van der Waals surface area contributed by atoms with Gasteiger partial charge >= 0.3 is 5.97 Å². The number of ketones is 1. The van der Waals surface area contributed by atoms with Gasteiger partial charge in [-0.3, -0.25) is 4.79 Å². The molecule has 0 amide bonds. The van der Waals surface area contributed by atoms with Gasteiger partial charge in [0.05, 0.1) is 6.10 Å². The third-order valence-electron chi connectivity index (χ3n) is 2.70. The van der Waals surface area contributed by atoms with Crippen molar-refractivity contribution in [3.8, 4) is 0 Å². The Morgan fingerprint density at radius 3 is 2.56 bits per heavy atom. The number of hydrogen-bond acceptors (Lipinski definition) is 4. The predicted molar refractivity (Wildman–Crippen MR) is 68.0 cm³/mol. The van der Waals surface area contributed by atoms with E-state index in [4.69, 9.17) is 9.84 Å². The molecule has 2 atom stereocenters. The molecule has 0 radical (unpaired) electrons. The lowest BCUT2D eigenvalue weighted by Crippen LogP contribution is -2.40. The van der Waals surface area contributed by atoms with Crippen LogP contribution in [0, 0.1) is 0 Å². The van der Waals surface area contributed by atoms with Gasteiger partial charge in [0.1, 0.15) is 0 Å². The summed E-state index contributed by atoms with van der Waals surface area (Å²) in [5.41, 5.74) is 1.12. The first-order valence-corrected chi connectivity index (χ1v) is 5.59. The molecule has 1 rings (SSSR count). The van der Waals surface area contributed by atoms with Crippen molar-refractivity contribution in [1.29, 1.82) is 0 Å². The summed E-state index contributed by atoms with van der Waals surface area (Å²) in [5.74, 6) is -1.07. The van der Waals surface area contributed by atoms with E-state index in [1.165, 1.54) is 14.0 Å². The monoisotopic (exact) mass is 251 g/mol. The van der Waals surface area contributed by atoms with Crippen LogP contribution in [-0.4, -0.2) is 36.1 Å². The number of carbonyl (C=O) groups is 2. The molecule has 5 heteroatoms. The summed E-state index contributed by atoms with van der Waals surface area (Å²) in [6, 6.07) is 5.86. The van der Waals surface area contributed by atoms with Crippen molar-refractivity contribution in [2.24, 2.45) is 0 Å². The second-order valence-electron chi connectivity index (χ2n) is 4.04. The zero-order chi connectivity index (χ0) is 13.7. The number of methoxy groups -OCH3 is 1. The van der Waals surface area contributed by atoms with Crippen LogP contribution in [0.4, 0.5) is 5.69 Å². The van der Waals surface area contributed by atoms with E-state index in [0.29, 0.717) is 11.3 Å².